The van der Waals surface area contributed by atoms with E-state index in [1.54, 1.807) is 12.1 Å². The second-order valence-corrected chi connectivity index (χ2v) is 6.38. The van der Waals surface area contributed by atoms with E-state index in [9.17, 15) is 4.79 Å². The molecule has 2 rings (SSSR count). The van der Waals surface area contributed by atoms with Gasteiger partial charge in [0.2, 0.25) is 5.91 Å². The summed E-state index contributed by atoms with van der Waals surface area (Å²) in [6.45, 7) is 0.359. The minimum Gasteiger partial charge on any atom is -0.325 e. The highest BCUT2D eigenvalue weighted by atomic mass is 35.5. The predicted octanol–water partition coefficient (Wildman–Crippen LogP) is 3.15. The Morgan fingerprint density at radius 3 is 3.00 bits per heavy atom. The quantitative estimate of drug-likeness (QED) is 0.877. The number of hydrogen-bond donors (Lipinski definition) is 2. The molecular weight excluding hydrogens is 280 g/mol. The van der Waals surface area contributed by atoms with Gasteiger partial charge in [-0.15, -0.1) is 0 Å². The van der Waals surface area contributed by atoms with Crippen molar-refractivity contribution >= 4 is 35.0 Å². The SMILES string of the molecule is CSC1CCC(NCC(=O)Nc2cccc(Cl)c2)C1. The van der Waals surface area contributed by atoms with E-state index in [1.165, 1.54) is 6.42 Å². The van der Waals surface area contributed by atoms with Crippen molar-refractivity contribution in [3.63, 3.8) is 0 Å². The molecule has 0 heterocycles. The highest BCUT2D eigenvalue weighted by Crippen LogP contribution is 2.27. The maximum absolute atomic E-state index is 11.8. The number of thioether (sulfide) groups is 1. The molecule has 0 saturated heterocycles. The van der Waals surface area contributed by atoms with E-state index in [2.05, 4.69) is 16.9 Å². The number of hydrogen-bond acceptors (Lipinski definition) is 3. The van der Waals surface area contributed by atoms with Crippen molar-refractivity contribution in [3.8, 4) is 0 Å². The first kappa shape index (κ1) is 14.7. The van der Waals surface area contributed by atoms with Crippen molar-refractivity contribution in [1.29, 1.82) is 0 Å². The van der Waals surface area contributed by atoms with Gasteiger partial charge in [-0.3, -0.25) is 4.79 Å². The number of halogens is 1. The summed E-state index contributed by atoms with van der Waals surface area (Å²) < 4.78 is 0. The second kappa shape index (κ2) is 7.17. The molecule has 1 amide bonds. The molecule has 1 aromatic rings. The highest BCUT2D eigenvalue weighted by Gasteiger charge is 2.23. The van der Waals surface area contributed by atoms with Crippen LogP contribution in [0.4, 0.5) is 5.69 Å². The molecule has 1 fully saturated rings. The lowest BCUT2D eigenvalue weighted by molar-refractivity contribution is -0.115. The molecule has 1 saturated carbocycles. The fraction of sp³-hybridized carbons (Fsp3) is 0.500. The van der Waals surface area contributed by atoms with Gasteiger partial charge in [0.15, 0.2) is 0 Å². The molecule has 19 heavy (non-hydrogen) atoms. The van der Waals surface area contributed by atoms with Gasteiger partial charge in [0.1, 0.15) is 0 Å². The van der Waals surface area contributed by atoms with E-state index in [0.29, 0.717) is 17.6 Å². The molecule has 3 nitrogen and oxygen atoms in total. The van der Waals surface area contributed by atoms with Crippen LogP contribution in [0.5, 0.6) is 0 Å². The fourth-order valence-corrected chi connectivity index (χ4v) is 3.33. The summed E-state index contributed by atoms with van der Waals surface area (Å²) in [5.41, 5.74) is 0.743. The maximum atomic E-state index is 11.8. The zero-order valence-electron chi connectivity index (χ0n) is 11.0. The molecule has 0 bridgehead atoms. The fourth-order valence-electron chi connectivity index (χ4n) is 2.35. The highest BCUT2D eigenvalue weighted by molar-refractivity contribution is 7.99. The predicted molar refractivity (Wildman–Crippen MR) is 83.0 cm³/mol. The summed E-state index contributed by atoms with van der Waals surface area (Å²) in [6.07, 6.45) is 5.72. The number of carbonyl (C=O) groups is 1. The summed E-state index contributed by atoms with van der Waals surface area (Å²) in [7, 11) is 0. The monoisotopic (exact) mass is 298 g/mol. The van der Waals surface area contributed by atoms with Gasteiger partial charge in [-0.25, -0.2) is 0 Å². The van der Waals surface area contributed by atoms with Crippen molar-refractivity contribution < 1.29 is 4.79 Å². The van der Waals surface area contributed by atoms with E-state index in [0.717, 1.165) is 23.8 Å². The summed E-state index contributed by atoms with van der Waals surface area (Å²) in [5.74, 6) is -0.0186. The van der Waals surface area contributed by atoms with Gasteiger partial charge in [0, 0.05) is 22.0 Å². The first-order chi connectivity index (χ1) is 9.17. The van der Waals surface area contributed by atoms with Crippen LogP contribution in [0.1, 0.15) is 19.3 Å². The van der Waals surface area contributed by atoms with Gasteiger partial charge in [-0.2, -0.15) is 11.8 Å². The molecule has 2 N–H and O–H groups in total. The van der Waals surface area contributed by atoms with Crippen LogP contribution in [-0.4, -0.2) is 30.0 Å². The average molecular weight is 299 g/mol. The van der Waals surface area contributed by atoms with Gasteiger partial charge >= 0.3 is 0 Å². The normalized spacial score (nSPS) is 22.4. The van der Waals surface area contributed by atoms with E-state index >= 15 is 0 Å². The Kier molecular flexibility index (Phi) is 5.55. The van der Waals surface area contributed by atoms with Crippen molar-refractivity contribution in [2.45, 2.75) is 30.6 Å². The molecule has 1 aliphatic carbocycles. The number of nitrogens with one attached hydrogen (secondary N) is 2. The molecule has 2 unspecified atom stereocenters. The minimum atomic E-state index is -0.0186. The van der Waals surface area contributed by atoms with Crippen LogP contribution in [0, 0.1) is 0 Å². The zero-order chi connectivity index (χ0) is 13.7. The summed E-state index contributed by atoms with van der Waals surface area (Å²) >= 11 is 7.79. The Morgan fingerprint density at radius 2 is 2.32 bits per heavy atom. The smallest absolute Gasteiger partial charge is 0.238 e. The molecule has 0 spiro atoms. The third-order valence-electron chi connectivity index (χ3n) is 3.38. The molecule has 104 valence electrons. The maximum Gasteiger partial charge on any atom is 0.238 e. The van der Waals surface area contributed by atoms with Crippen molar-refractivity contribution in [2.75, 3.05) is 18.1 Å². The van der Waals surface area contributed by atoms with E-state index in [-0.39, 0.29) is 5.91 Å². The number of anilines is 1. The Balaban J connectivity index is 1.73. The Bertz CT molecular complexity index is 441. The van der Waals surface area contributed by atoms with Crippen LogP contribution >= 0.6 is 23.4 Å². The van der Waals surface area contributed by atoms with E-state index in [4.69, 9.17) is 11.6 Å². The molecule has 1 aromatic carbocycles. The van der Waals surface area contributed by atoms with Gasteiger partial charge in [0.05, 0.1) is 6.54 Å². The zero-order valence-corrected chi connectivity index (χ0v) is 12.6. The van der Waals surface area contributed by atoms with Gasteiger partial charge in [0.25, 0.3) is 0 Å². The second-order valence-electron chi connectivity index (χ2n) is 4.81. The Morgan fingerprint density at radius 1 is 1.47 bits per heavy atom. The van der Waals surface area contributed by atoms with Gasteiger partial charge in [-0.05, 0) is 43.7 Å². The number of amides is 1. The molecule has 0 radical (unpaired) electrons. The van der Waals surface area contributed by atoms with Crippen LogP contribution in [0.3, 0.4) is 0 Å². The topological polar surface area (TPSA) is 41.1 Å². The third kappa shape index (κ3) is 4.71. The minimum absolute atomic E-state index is 0.0186. The van der Waals surface area contributed by atoms with Crippen LogP contribution in [-0.2, 0) is 4.79 Å². The molecule has 1 aliphatic rings. The Labute approximate surface area is 123 Å². The molecule has 5 heteroatoms. The lowest BCUT2D eigenvalue weighted by Gasteiger charge is -2.12. The largest absolute Gasteiger partial charge is 0.325 e. The van der Waals surface area contributed by atoms with Crippen molar-refractivity contribution in [2.24, 2.45) is 0 Å². The van der Waals surface area contributed by atoms with Crippen LogP contribution in [0.2, 0.25) is 5.02 Å². The summed E-state index contributed by atoms with van der Waals surface area (Å²) in [4.78, 5) is 11.8. The molecule has 0 aliphatic heterocycles. The van der Waals surface area contributed by atoms with Crippen LogP contribution in [0.15, 0.2) is 24.3 Å². The standard InChI is InChI=1S/C14H19ClN2OS/c1-19-13-6-5-11(8-13)16-9-14(18)17-12-4-2-3-10(15)7-12/h2-4,7,11,13,16H,5-6,8-9H2,1H3,(H,17,18). The third-order valence-corrected chi connectivity index (χ3v) is 4.71. The molecular formula is C14H19ClN2OS. The number of rotatable bonds is 5. The average Bonchev–Trinajstić information content (AvgIpc) is 2.84. The number of carbonyl (C=O) groups excluding carboxylic acids is 1. The first-order valence-electron chi connectivity index (χ1n) is 6.49. The van der Waals surface area contributed by atoms with Crippen molar-refractivity contribution in [3.05, 3.63) is 29.3 Å². The molecule has 2 atom stereocenters. The Hall–Kier alpha value is -0.710. The van der Waals surface area contributed by atoms with Crippen LogP contribution in [0.25, 0.3) is 0 Å². The number of benzene rings is 1. The lowest BCUT2D eigenvalue weighted by Crippen LogP contribution is -2.34. The van der Waals surface area contributed by atoms with E-state index < -0.39 is 0 Å². The molecule has 0 aromatic heterocycles. The van der Waals surface area contributed by atoms with Crippen molar-refractivity contribution in [1.82, 2.24) is 5.32 Å². The van der Waals surface area contributed by atoms with Gasteiger partial charge < -0.3 is 10.6 Å². The first-order valence-corrected chi connectivity index (χ1v) is 8.15. The van der Waals surface area contributed by atoms with Gasteiger partial charge in [-0.1, -0.05) is 17.7 Å². The lowest BCUT2D eigenvalue weighted by atomic mass is 10.2. The van der Waals surface area contributed by atoms with E-state index in [1.807, 2.05) is 23.9 Å². The van der Waals surface area contributed by atoms with Crippen LogP contribution < -0.4 is 10.6 Å². The summed E-state index contributed by atoms with van der Waals surface area (Å²) in [5, 5.41) is 7.54. The summed E-state index contributed by atoms with van der Waals surface area (Å²) in [6, 6.07) is 7.67.